The van der Waals surface area contributed by atoms with Crippen LogP contribution in [0.1, 0.15) is 26.7 Å². The topological polar surface area (TPSA) is 90.1 Å². The summed E-state index contributed by atoms with van der Waals surface area (Å²) >= 11 is 0. The largest absolute Gasteiger partial charge is 0.452 e. The first-order valence-electron chi connectivity index (χ1n) is 10.1. The Morgan fingerprint density at radius 2 is 1.78 bits per heavy atom. The lowest BCUT2D eigenvalue weighted by Gasteiger charge is -2.06. The predicted octanol–water partition coefficient (Wildman–Crippen LogP) is 4.71. The summed E-state index contributed by atoms with van der Waals surface area (Å²) in [6.45, 7) is 0.00465. The standard InChI is InChI=1S/C25H19N3O4/c29-21(16-31-25(30)22-12-11-18(32-22)15-28-14-6-13-26-28)23-19-9-4-5-10-20(19)27-24(23)17-7-2-1-3-8-17/h1-14,27H,15-16H2. The number of fused-ring (bicyclic) bond motifs is 1. The van der Waals surface area contributed by atoms with Gasteiger partial charge in [-0.2, -0.15) is 5.10 Å². The molecular weight excluding hydrogens is 406 g/mol. The summed E-state index contributed by atoms with van der Waals surface area (Å²) in [5.74, 6) is -0.374. The molecule has 0 aliphatic heterocycles. The molecule has 0 amide bonds. The molecule has 32 heavy (non-hydrogen) atoms. The fourth-order valence-electron chi connectivity index (χ4n) is 3.65. The van der Waals surface area contributed by atoms with Crippen molar-refractivity contribution in [3.63, 3.8) is 0 Å². The van der Waals surface area contributed by atoms with Gasteiger partial charge >= 0.3 is 5.97 Å². The third-order valence-corrected chi connectivity index (χ3v) is 5.12. The van der Waals surface area contributed by atoms with Crippen LogP contribution in [0.4, 0.5) is 0 Å². The van der Waals surface area contributed by atoms with E-state index in [1.807, 2.05) is 54.6 Å². The van der Waals surface area contributed by atoms with Gasteiger partial charge in [-0.25, -0.2) is 4.79 Å². The van der Waals surface area contributed by atoms with Crippen LogP contribution in [0.2, 0.25) is 0 Å². The molecule has 3 aromatic heterocycles. The summed E-state index contributed by atoms with van der Waals surface area (Å²) in [6.07, 6.45) is 3.46. The van der Waals surface area contributed by atoms with Gasteiger partial charge in [0.25, 0.3) is 0 Å². The lowest BCUT2D eigenvalue weighted by atomic mass is 10.0. The van der Waals surface area contributed by atoms with Gasteiger partial charge in [-0.05, 0) is 29.8 Å². The first-order valence-corrected chi connectivity index (χ1v) is 10.1. The zero-order chi connectivity index (χ0) is 21.9. The summed E-state index contributed by atoms with van der Waals surface area (Å²) in [5, 5.41) is 4.89. The van der Waals surface area contributed by atoms with Gasteiger partial charge in [-0.15, -0.1) is 0 Å². The fraction of sp³-hybridized carbons (Fsp3) is 0.0800. The van der Waals surface area contributed by atoms with Gasteiger partial charge in [-0.1, -0.05) is 48.5 Å². The van der Waals surface area contributed by atoms with Crippen LogP contribution >= 0.6 is 0 Å². The molecule has 2 aromatic carbocycles. The summed E-state index contributed by atoms with van der Waals surface area (Å²) in [7, 11) is 0. The van der Waals surface area contributed by atoms with E-state index in [0.29, 0.717) is 23.6 Å². The number of aromatic amines is 1. The van der Waals surface area contributed by atoms with Crippen LogP contribution < -0.4 is 0 Å². The highest BCUT2D eigenvalue weighted by molar-refractivity contribution is 6.14. The fourth-order valence-corrected chi connectivity index (χ4v) is 3.65. The monoisotopic (exact) mass is 425 g/mol. The van der Waals surface area contributed by atoms with Gasteiger partial charge in [0.1, 0.15) is 5.76 Å². The molecule has 0 atom stereocenters. The molecule has 3 heterocycles. The molecule has 0 radical (unpaired) electrons. The Kier molecular flexibility index (Phi) is 5.13. The highest BCUT2D eigenvalue weighted by atomic mass is 16.5. The van der Waals surface area contributed by atoms with Gasteiger partial charge < -0.3 is 14.1 Å². The van der Waals surface area contributed by atoms with Crippen LogP contribution in [0, 0.1) is 0 Å². The molecule has 7 heteroatoms. The van der Waals surface area contributed by atoms with Crippen LogP contribution in [0.3, 0.4) is 0 Å². The van der Waals surface area contributed by atoms with Crippen LogP contribution in [0.5, 0.6) is 0 Å². The quantitative estimate of drug-likeness (QED) is 0.301. The molecular formula is C25H19N3O4. The van der Waals surface area contributed by atoms with Crippen molar-refractivity contribution in [1.29, 1.82) is 0 Å². The van der Waals surface area contributed by atoms with Gasteiger partial charge in [0.05, 0.1) is 17.8 Å². The number of nitrogens with zero attached hydrogens (tertiary/aromatic N) is 2. The molecule has 0 saturated carbocycles. The number of H-pyrrole nitrogens is 1. The molecule has 5 rings (SSSR count). The third-order valence-electron chi connectivity index (χ3n) is 5.12. The van der Waals surface area contributed by atoms with Gasteiger partial charge in [0.2, 0.25) is 11.5 Å². The maximum absolute atomic E-state index is 13.1. The SMILES string of the molecule is O=C(OCC(=O)c1c(-c2ccccc2)[nH]c2ccccc12)c1ccc(Cn2cccn2)o1. The number of hydrogen-bond donors (Lipinski definition) is 1. The van der Waals surface area contributed by atoms with Crippen molar-refractivity contribution in [1.82, 2.24) is 14.8 Å². The number of furan rings is 1. The molecule has 5 aromatic rings. The Bertz CT molecular complexity index is 1380. The number of Topliss-reactive ketones (excluding diaryl/α,β-unsaturated/α-hetero) is 1. The van der Waals surface area contributed by atoms with Crippen LogP contribution in [0.15, 0.2) is 89.6 Å². The highest BCUT2D eigenvalue weighted by Crippen LogP contribution is 2.30. The number of hydrogen-bond acceptors (Lipinski definition) is 5. The van der Waals surface area contributed by atoms with Crippen LogP contribution in [0.25, 0.3) is 22.2 Å². The minimum absolute atomic E-state index is 0.0437. The number of para-hydroxylation sites is 1. The second kappa shape index (κ2) is 8.39. The van der Waals surface area contributed by atoms with Crippen molar-refractivity contribution in [2.75, 3.05) is 6.61 Å². The summed E-state index contributed by atoms with van der Waals surface area (Å²) in [5.41, 5.74) is 2.92. The third kappa shape index (κ3) is 3.83. The maximum atomic E-state index is 13.1. The predicted molar refractivity (Wildman–Crippen MR) is 118 cm³/mol. The number of benzene rings is 2. The number of rotatable bonds is 7. The van der Waals surface area contributed by atoms with Crippen LogP contribution in [-0.2, 0) is 11.3 Å². The zero-order valence-electron chi connectivity index (χ0n) is 17.0. The Morgan fingerprint density at radius 1 is 0.969 bits per heavy atom. The van der Waals surface area contributed by atoms with Crippen molar-refractivity contribution in [3.8, 4) is 11.3 Å². The van der Waals surface area contributed by atoms with E-state index in [9.17, 15) is 9.59 Å². The van der Waals surface area contributed by atoms with Crippen molar-refractivity contribution >= 4 is 22.7 Å². The summed E-state index contributed by atoms with van der Waals surface area (Å²) in [6, 6.07) is 22.2. The first kappa shape index (κ1) is 19.6. The molecule has 0 aliphatic rings. The molecule has 0 aliphatic carbocycles. The van der Waals surface area contributed by atoms with E-state index in [-0.39, 0.29) is 11.5 Å². The first-order chi connectivity index (χ1) is 15.7. The van der Waals surface area contributed by atoms with Crippen LogP contribution in [-0.4, -0.2) is 33.1 Å². The van der Waals surface area contributed by atoms with Crippen molar-refractivity contribution in [3.05, 3.63) is 102 Å². The lowest BCUT2D eigenvalue weighted by Crippen LogP contribution is -2.14. The van der Waals surface area contributed by atoms with Crippen molar-refractivity contribution in [2.45, 2.75) is 6.54 Å². The number of carbonyl (C=O) groups excluding carboxylic acids is 2. The number of esters is 1. The lowest BCUT2D eigenvalue weighted by molar-refractivity contribution is 0.0442. The van der Waals surface area contributed by atoms with E-state index in [2.05, 4.69) is 10.1 Å². The highest BCUT2D eigenvalue weighted by Gasteiger charge is 2.22. The number of nitrogens with one attached hydrogen (secondary N) is 1. The normalized spacial score (nSPS) is 11.0. The Morgan fingerprint density at radius 3 is 2.59 bits per heavy atom. The number of aromatic nitrogens is 3. The average molecular weight is 425 g/mol. The number of ketones is 1. The Labute approximate surface area is 183 Å². The average Bonchev–Trinajstić information content (AvgIpc) is 3.58. The number of carbonyl (C=O) groups is 2. The molecule has 0 spiro atoms. The zero-order valence-corrected chi connectivity index (χ0v) is 17.0. The second-order valence-corrected chi connectivity index (χ2v) is 7.26. The van der Waals surface area contributed by atoms with Gasteiger partial charge in [-0.3, -0.25) is 9.48 Å². The van der Waals surface area contributed by atoms with E-state index in [4.69, 9.17) is 9.15 Å². The number of ether oxygens (including phenoxy) is 1. The summed E-state index contributed by atoms with van der Waals surface area (Å²) in [4.78, 5) is 28.9. The molecule has 158 valence electrons. The van der Waals surface area contributed by atoms with E-state index < -0.39 is 12.6 Å². The second-order valence-electron chi connectivity index (χ2n) is 7.26. The van der Waals surface area contributed by atoms with Gasteiger partial charge in [0, 0.05) is 23.3 Å². The molecule has 1 N–H and O–H groups in total. The molecule has 0 unspecified atom stereocenters. The van der Waals surface area contributed by atoms with E-state index in [1.165, 1.54) is 6.07 Å². The van der Waals surface area contributed by atoms with E-state index in [0.717, 1.165) is 16.5 Å². The van der Waals surface area contributed by atoms with Crippen molar-refractivity contribution in [2.24, 2.45) is 0 Å². The maximum Gasteiger partial charge on any atom is 0.374 e. The van der Waals surface area contributed by atoms with Crippen molar-refractivity contribution < 1.29 is 18.7 Å². The minimum Gasteiger partial charge on any atom is -0.452 e. The van der Waals surface area contributed by atoms with E-state index in [1.54, 1.807) is 29.2 Å². The molecule has 0 fully saturated rings. The molecule has 7 nitrogen and oxygen atoms in total. The molecule has 0 saturated heterocycles. The summed E-state index contributed by atoms with van der Waals surface area (Å²) < 4.78 is 12.5. The van der Waals surface area contributed by atoms with E-state index >= 15 is 0 Å². The molecule has 0 bridgehead atoms. The Hall–Kier alpha value is -4.39. The van der Waals surface area contributed by atoms with Gasteiger partial charge in [0.15, 0.2) is 6.61 Å². The Balaban J connectivity index is 1.34. The smallest absolute Gasteiger partial charge is 0.374 e. The minimum atomic E-state index is -0.689.